The molecule has 1 aliphatic rings. The lowest BCUT2D eigenvalue weighted by atomic mass is 9.78. The first-order chi connectivity index (χ1) is 12.4. The van der Waals surface area contributed by atoms with Gasteiger partial charge in [0, 0.05) is 37.0 Å². The third-order valence-corrected chi connectivity index (χ3v) is 5.36. The summed E-state index contributed by atoms with van der Waals surface area (Å²) in [6.07, 6.45) is -1.04. The average molecular weight is 397 g/mol. The fourth-order valence-corrected chi connectivity index (χ4v) is 2.95. The molecule has 1 aliphatic heterocycles. The highest BCUT2D eigenvalue weighted by Gasteiger charge is 2.52. The summed E-state index contributed by atoms with van der Waals surface area (Å²) < 4.78 is 12.1. The van der Waals surface area contributed by atoms with E-state index >= 15 is 0 Å². The number of nitrogens with one attached hydrogen (secondary N) is 1. The normalized spacial score (nSPS) is 17.6. The highest BCUT2D eigenvalue weighted by molar-refractivity contribution is 6.65. The summed E-state index contributed by atoms with van der Waals surface area (Å²) in [6, 6.07) is 5.52. The van der Waals surface area contributed by atoms with E-state index in [4.69, 9.17) is 26.0 Å². The summed E-state index contributed by atoms with van der Waals surface area (Å²) in [5.41, 5.74) is 0.716. The van der Waals surface area contributed by atoms with E-state index in [2.05, 4.69) is 5.32 Å². The van der Waals surface area contributed by atoms with Gasteiger partial charge in [0.05, 0.1) is 11.2 Å². The molecule has 1 aromatic rings. The summed E-state index contributed by atoms with van der Waals surface area (Å²) >= 11 is 6.44. The minimum absolute atomic E-state index is 0.0835. The molecular weight excluding hydrogens is 370 g/mol. The largest absolute Gasteiger partial charge is 0.496 e. The molecule has 1 heterocycles. The molecule has 1 aromatic carbocycles. The number of hydrogen-bond acceptors (Lipinski definition) is 4. The second-order valence-corrected chi connectivity index (χ2v) is 8.08. The molecule has 1 saturated heterocycles. The predicted octanol–water partition coefficient (Wildman–Crippen LogP) is 2.26. The zero-order valence-corrected chi connectivity index (χ0v) is 17.1. The minimum atomic E-state index is -1.14. The number of carbonyl (C=O) groups is 2. The molecule has 148 valence electrons. The van der Waals surface area contributed by atoms with E-state index in [0.717, 1.165) is 11.0 Å². The number of amides is 2. The molecule has 2 rings (SSSR count). The van der Waals surface area contributed by atoms with Gasteiger partial charge in [-0.3, -0.25) is 4.79 Å². The lowest BCUT2D eigenvalue weighted by Crippen LogP contribution is -2.41. The Bertz CT molecular complexity index is 710. The molecule has 2 N–H and O–H groups in total. The van der Waals surface area contributed by atoms with Crippen molar-refractivity contribution in [3.63, 3.8) is 0 Å². The molecule has 27 heavy (non-hydrogen) atoms. The maximum absolute atomic E-state index is 12.1. The smallest absolute Gasteiger partial charge is 0.465 e. The Kier molecular flexibility index (Phi) is 6.45. The quantitative estimate of drug-likeness (QED) is 0.720. The molecule has 9 heteroatoms. The number of carbonyl (C=O) groups excluding carboxylic acids is 1. The van der Waals surface area contributed by atoms with Crippen LogP contribution in [-0.4, -0.2) is 53.9 Å². The highest BCUT2D eigenvalue weighted by atomic mass is 35.5. The Hall–Kier alpha value is -1.77. The summed E-state index contributed by atoms with van der Waals surface area (Å²) in [4.78, 5) is 24.0. The van der Waals surface area contributed by atoms with Crippen molar-refractivity contribution in [1.82, 2.24) is 10.2 Å². The van der Waals surface area contributed by atoms with Gasteiger partial charge in [0.1, 0.15) is 0 Å². The van der Waals surface area contributed by atoms with Gasteiger partial charge < -0.3 is 24.6 Å². The molecule has 0 aromatic heterocycles. The van der Waals surface area contributed by atoms with Gasteiger partial charge in [-0.2, -0.15) is 0 Å². The zero-order chi connectivity index (χ0) is 20.4. The standard InChI is InChI=1S/C18H26BClN2O5/c1-17(2)18(3,4)27-19(26-17)13-7-6-12(10-14(13)20)11-22(5)15(23)8-9-21-16(24)25/h6-7,10,21H,8-9,11H2,1-5H3,(H,24,25). The van der Waals surface area contributed by atoms with Crippen LogP contribution in [0.5, 0.6) is 0 Å². The van der Waals surface area contributed by atoms with Crippen molar-refractivity contribution in [2.24, 2.45) is 0 Å². The van der Waals surface area contributed by atoms with E-state index in [-0.39, 0.29) is 18.9 Å². The van der Waals surface area contributed by atoms with E-state index in [0.29, 0.717) is 11.6 Å². The molecule has 0 saturated carbocycles. The molecule has 0 bridgehead atoms. The minimum Gasteiger partial charge on any atom is -0.465 e. The highest BCUT2D eigenvalue weighted by Crippen LogP contribution is 2.37. The second kappa shape index (κ2) is 8.08. The molecule has 0 radical (unpaired) electrons. The van der Waals surface area contributed by atoms with Gasteiger partial charge in [-0.05, 0) is 39.3 Å². The summed E-state index contributed by atoms with van der Waals surface area (Å²) in [7, 11) is 1.12. The first-order valence-corrected chi connectivity index (χ1v) is 9.15. The van der Waals surface area contributed by atoms with E-state index in [1.807, 2.05) is 39.8 Å². The molecule has 0 atom stereocenters. The Labute approximate surface area is 165 Å². The van der Waals surface area contributed by atoms with E-state index in [9.17, 15) is 9.59 Å². The van der Waals surface area contributed by atoms with Crippen molar-refractivity contribution in [1.29, 1.82) is 0 Å². The van der Waals surface area contributed by atoms with Crippen LogP contribution in [0.1, 0.15) is 39.7 Å². The van der Waals surface area contributed by atoms with Gasteiger partial charge in [0.25, 0.3) is 0 Å². The predicted molar refractivity (Wildman–Crippen MR) is 104 cm³/mol. The molecular formula is C18H26BClN2O5. The van der Waals surface area contributed by atoms with E-state index < -0.39 is 24.4 Å². The summed E-state index contributed by atoms with van der Waals surface area (Å²) in [6.45, 7) is 8.38. The summed E-state index contributed by atoms with van der Waals surface area (Å²) in [5.74, 6) is -0.157. The molecule has 0 aliphatic carbocycles. The Morgan fingerprint density at radius 2 is 1.81 bits per heavy atom. The van der Waals surface area contributed by atoms with Gasteiger partial charge in [-0.15, -0.1) is 0 Å². The maximum atomic E-state index is 12.1. The lowest BCUT2D eigenvalue weighted by Gasteiger charge is -2.32. The third kappa shape index (κ3) is 5.15. The monoisotopic (exact) mass is 396 g/mol. The van der Waals surface area contributed by atoms with Crippen LogP contribution in [0.15, 0.2) is 18.2 Å². The van der Waals surface area contributed by atoms with Crippen LogP contribution in [0, 0.1) is 0 Å². The van der Waals surface area contributed by atoms with Gasteiger partial charge in [0.15, 0.2) is 0 Å². The van der Waals surface area contributed by atoms with Crippen molar-refractivity contribution in [3.8, 4) is 0 Å². The molecule has 1 fully saturated rings. The van der Waals surface area contributed by atoms with Crippen LogP contribution in [0.3, 0.4) is 0 Å². The second-order valence-electron chi connectivity index (χ2n) is 7.68. The maximum Gasteiger partial charge on any atom is 0.496 e. The van der Waals surface area contributed by atoms with Crippen molar-refractivity contribution >= 4 is 36.2 Å². The Morgan fingerprint density at radius 3 is 2.33 bits per heavy atom. The van der Waals surface area contributed by atoms with Gasteiger partial charge in [0.2, 0.25) is 5.91 Å². The average Bonchev–Trinajstić information content (AvgIpc) is 2.74. The van der Waals surface area contributed by atoms with Gasteiger partial charge in [-0.25, -0.2) is 4.79 Å². The number of hydrogen-bond donors (Lipinski definition) is 2. The Morgan fingerprint density at radius 1 is 1.22 bits per heavy atom. The number of nitrogens with zero attached hydrogens (tertiary/aromatic N) is 1. The van der Waals surface area contributed by atoms with Crippen LogP contribution < -0.4 is 10.8 Å². The topological polar surface area (TPSA) is 88.1 Å². The fourth-order valence-electron chi connectivity index (χ4n) is 2.66. The lowest BCUT2D eigenvalue weighted by molar-refractivity contribution is -0.130. The van der Waals surface area contributed by atoms with Crippen molar-refractivity contribution in [2.75, 3.05) is 13.6 Å². The van der Waals surface area contributed by atoms with Gasteiger partial charge >= 0.3 is 13.2 Å². The first kappa shape index (κ1) is 21.5. The number of benzene rings is 1. The van der Waals surface area contributed by atoms with Crippen LogP contribution in [0.4, 0.5) is 4.79 Å². The van der Waals surface area contributed by atoms with Crippen LogP contribution >= 0.6 is 11.6 Å². The van der Waals surface area contributed by atoms with Crippen molar-refractivity contribution in [2.45, 2.75) is 51.9 Å². The Balaban J connectivity index is 2.00. The van der Waals surface area contributed by atoms with Crippen molar-refractivity contribution < 1.29 is 24.0 Å². The van der Waals surface area contributed by atoms with Gasteiger partial charge in [-0.1, -0.05) is 23.7 Å². The van der Waals surface area contributed by atoms with E-state index in [1.54, 1.807) is 13.1 Å². The number of rotatable bonds is 6. The van der Waals surface area contributed by atoms with Crippen LogP contribution in [0.25, 0.3) is 0 Å². The van der Waals surface area contributed by atoms with E-state index in [1.165, 1.54) is 4.90 Å². The molecule has 7 nitrogen and oxygen atoms in total. The fraction of sp³-hybridized carbons (Fsp3) is 0.556. The SMILES string of the molecule is CN(Cc1ccc(B2OC(C)(C)C(C)(C)O2)c(Cl)c1)C(=O)CCNC(=O)O. The first-order valence-electron chi connectivity index (χ1n) is 8.77. The molecule has 0 unspecified atom stereocenters. The molecule has 2 amide bonds. The zero-order valence-electron chi connectivity index (χ0n) is 16.3. The van der Waals surface area contributed by atoms with Crippen LogP contribution in [0.2, 0.25) is 5.02 Å². The summed E-state index contributed by atoms with van der Waals surface area (Å²) in [5, 5.41) is 11.2. The number of carboxylic acid groups (broad SMARTS) is 1. The molecule has 0 spiro atoms. The van der Waals surface area contributed by atoms with Crippen molar-refractivity contribution in [3.05, 3.63) is 28.8 Å². The third-order valence-electron chi connectivity index (χ3n) is 5.03. The number of halogens is 1. The van der Waals surface area contributed by atoms with Crippen LogP contribution in [-0.2, 0) is 20.6 Å².